The van der Waals surface area contributed by atoms with E-state index in [9.17, 15) is 5.11 Å². The number of likely N-dealkylation sites (tertiary alicyclic amines) is 1. The topological polar surface area (TPSA) is 45.6 Å². The van der Waals surface area contributed by atoms with Gasteiger partial charge in [-0.25, -0.2) is 0 Å². The van der Waals surface area contributed by atoms with Crippen molar-refractivity contribution < 1.29 is 9.84 Å². The van der Waals surface area contributed by atoms with Crippen molar-refractivity contribution in [1.29, 1.82) is 0 Å². The number of ether oxygens (including phenoxy) is 1. The number of aromatic nitrogens is 1. The lowest BCUT2D eigenvalue weighted by molar-refractivity contribution is 0.00329. The molecule has 2 aromatic rings. The fourth-order valence-electron chi connectivity index (χ4n) is 2.84. The van der Waals surface area contributed by atoms with Gasteiger partial charge < -0.3 is 9.84 Å². The first-order valence-electron chi connectivity index (χ1n) is 7.67. The molecular formula is C18H22N2O2. The lowest BCUT2D eigenvalue weighted by Gasteiger charge is -2.23. The maximum absolute atomic E-state index is 10.7. The Bertz CT molecular complexity index is 617. The van der Waals surface area contributed by atoms with Crippen LogP contribution >= 0.6 is 0 Å². The molecule has 116 valence electrons. The first-order chi connectivity index (χ1) is 10.6. The molecule has 1 aromatic carbocycles. The number of benzene rings is 1. The van der Waals surface area contributed by atoms with Crippen LogP contribution in [0.1, 0.15) is 17.7 Å². The monoisotopic (exact) mass is 298 g/mol. The second-order valence-corrected chi connectivity index (χ2v) is 6.11. The van der Waals surface area contributed by atoms with Crippen molar-refractivity contribution in [2.24, 2.45) is 0 Å². The largest absolute Gasteiger partial charge is 0.491 e. The minimum Gasteiger partial charge on any atom is -0.491 e. The van der Waals surface area contributed by atoms with E-state index in [0.29, 0.717) is 13.2 Å². The Hall–Kier alpha value is -1.91. The van der Waals surface area contributed by atoms with Crippen molar-refractivity contribution in [2.45, 2.75) is 25.5 Å². The highest BCUT2D eigenvalue weighted by molar-refractivity contribution is 5.27. The zero-order valence-electron chi connectivity index (χ0n) is 12.9. The minimum atomic E-state index is -0.779. The number of β-amino-alcohol motifs (C(OH)–C–C–N with tert-alkyl or cyclic N) is 1. The molecule has 0 amide bonds. The number of nitrogens with zero attached hydrogens (tertiary/aromatic N) is 2. The van der Waals surface area contributed by atoms with Crippen LogP contribution < -0.4 is 4.74 Å². The number of hydrogen-bond donors (Lipinski definition) is 1. The van der Waals surface area contributed by atoms with Crippen LogP contribution in [0.4, 0.5) is 0 Å². The summed E-state index contributed by atoms with van der Waals surface area (Å²) >= 11 is 0. The highest BCUT2D eigenvalue weighted by Gasteiger charge is 2.36. The van der Waals surface area contributed by atoms with E-state index in [-0.39, 0.29) is 0 Å². The van der Waals surface area contributed by atoms with Crippen LogP contribution in [0.15, 0.2) is 48.7 Å². The van der Waals surface area contributed by atoms with Gasteiger partial charge in [0.25, 0.3) is 0 Å². The fourth-order valence-corrected chi connectivity index (χ4v) is 2.84. The molecule has 1 N–H and O–H groups in total. The van der Waals surface area contributed by atoms with Gasteiger partial charge in [-0.3, -0.25) is 9.88 Å². The Morgan fingerprint density at radius 2 is 2.18 bits per heavy atom. The third-order valence-electron chi connectivity index (χ3n) is 4.02. The molecule has 1 aromatic heterocycles. The van der Waals surface area contributed by atoms with Gasteiger partial charge in [-0.2, -0.15) is 0 Å². The molecule has 1 aliphatic heterocycles. The van der Waals surface area contributed by atoms with Gasteiger partial charge in [0, 0.05) is 25.8 Å². The lowest BCUT2D eigenvalue weighted by Crippen LogP contribution is -2.39. The van der Waals surface area contributed by atoms with Crippen molar-refractivity contribution in [3.05, 3.63) is 59.9 Å². The molecule has 3 rings (SSSR count). The van der Waals surface area contributed by atoms with Crippen LogP contribution in [0.25, 0.3) is 0 Å². The molecule has 1 fully saturated rings. The third-order valence-corrected chi connectivity index (χ3v) is 4.02. The van der Waals surface area contributed by atoms with Crippen LogP contribution in [-0.2, 0) is 6.54 Å². The molecule has 4 nitrogen and oxygen atoms in total. The predicted octanol–water partition coefficient (Wildman–Crippen LogP) is 2.41. The third kappa shape index (κ3) is 3.84. The molecule has 1 atom stereocenters. The summed E-state index contributed by atoms with van der Waals surface area (Å²) < 4.78 is 5.78. The predicted molar refractivity (Wildman–Crippen MR) is 85.8 cm³/mol. The van der Waals surface area contributed by atoms with Gasteiger partial charge in [0.15, 0.2) is 0 Å². The number of pyridine rings is 1. The summed E-state index contributed by atoms with van der Waals surface area (Å²) in [5.74, 6) is 0.816. The molecule has 1 saturated heterocycles. The SMILES string of the molecule is Cc1cccc(OCC2(O)CCN(Cc3ccccn3)C2)c1. The van der Waals surface area contributed by atoms with Crippen LogP contribution in [0.5, 0.6) is 5.75 Å². The van der Waals surface area contributed by atoms with E-state index in [1.54, 1.807) is 6.20 Å². The van der Waals surface area contributed by atoms with Gasteiger partial charge in [0.2, 0.25) is 0 Å². The number of hydrogen-bond acceptors (Lipinski definition) is 4. The van der Waals surface area contributed by atoms with Crippen molar-refractivity contribution in [3.8, 4) is 5.75 Å². The Labute approximate surface area is 131 Å². The summed E-state index contributed by atoms with van der Waals surface area (Å²) in [6, 6.07) is 13.8. The van der Waals surface area contributed by atoms with Gasteiger partial charge >= 0.3 is 0 Å². The molecule has 4 heteroatoms. The van der Waals surface area contributed by atoms with Gasteiger partial charge in [0.1, 0.15) is 18.0 Å². The normalized spacial score (nSPS) is 21.9. The summed E-state index contributed by atoms with van der Waals surface area (Å²) in [6.45, 7) is 4.62. The van der Waals surface area contributed by atoms with Gasteiger partial charge in [0.05, 0.1) is 5.69 Å². The summed E-state index contributed by atoms with van der Waals surface area (Å²) in [5.41, 5.74) is 1.41. The quantitative estimate of drug-likeness (QED) is 0.921. The van der Waals surface area contributed by atoms with Crippen molar-refractivity contribution in [2.75, 3.05) is 19.7 Å². The summed E-state index contributed by atoms with van der Waals surface area (Å²) in [5, 5.41) is 10.7. The van der Waals surface area contributed by atoms with Crippen LogP contribution in [0, 0.1) is 6.92 Å². The van der Waals surface area contributed by atoms with Gasteiger partial charge in [-0.05, 0) is 43.2 Å². The fraction of sp³-hybridized carbons (Fsp3) is 0.389. The summed E-state index contributed by atoms with van der Waals surface area (Å²) in [4.78, 5) is 6.56. The first-order valence-corrected chi connectivity index (χ1v) is 7.67. The smallest absolute Gasteiger partial charge is 0.119 e. The van der Waals surface area contributed by atoms with E-state index < -0.39 is 5.60 Å². The van der Waals surface area contributed by atoms with Gasteiger partial charge in [-0.15, -0.1) is 0 Å². The standard InChI is InChI=1S/C18H22N2O2/c1-15-5-4-7-17(11-15)22-14-18(21)8-10-20(13-18)12-16-6-2-3-9-19-16/h2-7,9,11,21H,8,10,12-14H2,1H3. The first kappa shape index (κ1) is 15.0. The Morgan fingerprint density at radius 3 is 2.95 bits per heavy atom. The van der Waals surface area contributed by atoms with Crippen LogP contribution in [0.3, 0.4) is 0 Å². The van der Waals surface area contributed by atoms with Gasteiger partial charge in [-0.1, -0.05) is 18.2 Å². The average Bonchev–Trinajstić information content (AvgIpc) is 2.88. The number of rotatable bonds is 5. The van der Waals surface area contributed by atoms with E-state index in [0.717, 1.165) is 36.5 Å². The Morgan fingerprint density at radius 1 is 1.27 bits per heavy atom. The van der Waals surface area contributed by atoms with E-state index in [1.807, 2.05) is 49.4 Å². The van der Waals surface area contributed by atoms with Crippen LogP contribution in [0.2, 0.25) is 0 Å². The Kier molecular flexibility index (Phi) is 4.41. The summed E-state index contributed by atoms with van der Waals surface area (Å²) in [6.07, 6.45) is 2.53. The van der Waals surface area contributed by atoms with Crippen molar-refractivity contribution in [1.82, 2.24) is 9.88 Å². The minimum absolute atomic E-state index is 0.329. The lowest BCUT2D eigenvalue weighted by atomic mass is 10.1. The van der Waals surface area contributed by atoms with E-state index >= 15 is 0 Å². The van der Waals surface area contributed by atoms with Crippen molar-refractivity contribution >= 4 is 0 Å². The van der Waals surface area contributed by atoms with Crippen molar-refractivity contribution in [3.63, 3.8) is 0 Å². The molecule has 22 heavy (non-hydrogen) atoms. The van der Waals surface area contributed by atoms with E-state index in [4.69, 9.17) is 4.74 Å². The molecule has 0 bridgehead atoms. The van der Waals surface area contributed by atoms with E-state index in [2.05, 4.69) is 9.88 Å². The zero-order chi connectivity index (χ0) is 15.4. The highest BCUT2D eigenvalue weighted by atomic mass is 16.5. The molecule has 2 heterocycles. The van der Waals surface area contributed by atoms with E-state index in [1.165, 1.54) is 0 Å². The second-order valence-electron chi connectivity index (χ2n) is 6.11. The maximum atomic E-state index is 10.7. The summed E-state index contributed by atoms with van der Waals surface area (Å²) in [7, 11) is 0. The molecule has 0 aliphatic carbocycles. The Balaban J connectivity index is 1.54. The number of aliphatic hydroxyl groups is 1. The molecule has 0 radical (unpaired) electrons. The number of aryl methyl sites for hydroxylation is 1. The highest BCUT2D eigenvalue weighted by Crippen LogP contribution is 2.24. The molecule has 0 spiro atoms. The molecule has 1 aliphatic rings. The maximum Gasteiger partial charge on any atom is 0.119 e. The average molecular weight is 298 g/mol. The molecule has 1 unspecified atom stereocenters. The molecular weight excluding hydrogens is 276 g/mol. The molecule has 0 saturated carbocycles. The van der Waals surface area contributed by atoms with Crippen LogP contribution in [-0.4, -0.2) is 40.3 Å². The zero-order valence-corrected chi connectivity index (χ0v) is 12.9. The second kappa shape index (κ2) is 6.46.